The van der Waals surface area contributed by atoms with Gasteiger partial charge >= 0.3 is 0 Å². The molecular formula is C17H26N2O2. The van der Waals surface area contributed by atoms with Crippen molar-refractivity contribution in [1.82, 2.24) is 4.90 Å². The van der Waals surface area contributed by atoms with Gasteiger partial charge in [-0.25, -0.2) is 0 Å². The maximum atomic E-state index is 12.2. The van der Waals surface area contributed by atoms with Crippen molar-refractivity contribution in [2.45, 2.75) is 39.2 Å². The first-order chi connectivity index (χ1) is 9.80. The highest BCUT2D eigenvalue weighted by Crippen LogP contribution is 2.26. The van der Waals surface area contributed by atoms with Crippen LogP contribution in [0.3, 0.4) is 0 Å². The Morgan fingerprint density at radius 1 is 1.24 bits per heavy atom. The van der Waals surface area contributed by atoms with Crippen molar-refractivity contribution in [1.29, 1.82) is 0 Å². The van der Waals surface area contributed by atoms with Crippen LogP contribution in [-0.2, 0) is 4.79 Å². The molecule has 116 valence electrons. The van der Waals surface area contributed by atoms with Gasteiger partial charge in [0.1, 0.15) is 0 Å². The summed E-state index contributed by atoms with van der Waals surface area (Å²) in [6, 6.07) is 9.88. The van der Waals surface area contributed by atoms with Gasteiger partial charge in [0.15, 0.2) is 0 Å². The summed E-state index contributed by atoms with van der Waals surface area (Å²) in [6.45, 7) is 7.59. The van der Waals surface area contributed by atoms with E-state index in [-0.39, 0.29) is 11.3 Å². The summed E-state index contributed by atoms with van der Waals surface area (Å²) in [4.78, 5) is 14.1. The molecule has 0 spiro atoms. The summed E-state index contributed by atoms with van der Waals surface area (Å²) in [7, 11) is 0. The maximum absolute atomic E-state index is 12.2. The highest BCUT2D eigenvalue weighted by molar-refractivity contribution is 5.81. The van der Waals surface area contributed by atoms with Crippen LogP contribution in [-0.4, -0.2) is 41.1 Å². The summed E-state index contributed by atoms with van der Waals surface area (Å²) < 4.78 is 0. The maximum Gasteiger partial charge on any atom is 0.227 e. The van der Waals surface area contributed by atoms with Gasteiger partial charge in [0, 0.05) is 30.7 Å². The second-order valence-electron chi connectivity index (χ2n) is 6.99. The lowest BCUT2D eigenvalue weighted by molar-refractivity contribution is -0.143. The summed E-state index contributed by atoms with van der Waals surface area (Å²) in [6.07, 6.45) is 1.24. The van der Waals surface area contributed by atoms with Crippen LogP contribution in [0.15, 0.2) is 30.3 Å². The van der Waals surface area contributed by atoms with Crippen molar-refractivity contribution in [3.05, 3.63) is 30.3 Å². The fraction of sp³-hybridized carbons (Fsp3) is 0.588. The minimum atomic E-state index is -0.732. The van der Waals surface area contributed by atoms with Crippen LogP contribution in [0.5, 0.6) is 0 Å². The second kappa shape index (κ2) is 6.06. The van der Waals surface area contributed by atoms with Crippen LogP contribution >= 0.6 is 0 Å². The van der Waals surface area contributed by atoms with Crippen molar-refractivity contribution < 1.29 is 9.90 Å². The van der Waals surface area contributed by atoms with Crippen LogP contribution in [0.4, 0.5) is 5.69 Å². The van der Waals surface area contributed by atoms with Crippen molar-refractivity contribution in [2.75, 3.05) is 25.0 Å². The van der Waals surface area contributed by atoms with E-state index in [0.29, 0.717) is 32.5 Å². The Morgan fingerprint density at radius 2 is 1.81 bits per heavy atom. The molecule has 1 saturated heterocycles. The van der Waals surface area contributed by atoms with Gasteiger partial charge in [-0.3, -0.25) is 4.79 Å². The number of carbonyl (C=O) groups is 1. The predicted molar refractivity (Wildman–Crippen MR) is 85.2 cm³/mol. The highest BCUT2D eigenvalue weighted by atomic mass is 16.3. The fourth-order valence-corrected chi connectivity index (χ4v) is 2.60. The van der Waals surface area contributed by atoms with Gasteiger partial charge in [0.2, 0.25) is 5.91 Å². The number of hydrogen-bond acceptors (Lipinski definition) is 3. The lowest BCUT2D eigenvalue weighted by atomic mass is 9.88. The molecule has 1 aromatic carbocycles. The second-order valence-corrected chi connectivity index (χ2v) is 6.99. The summed E-state index contributed by atoms with van der Waals surface area (Å²) in [5.74, 6) is 0.167. The Morgan fingerprint density at radius 3 is 2.33 bits per heavy atom. The molecule has 21 heavy (non-hydrogen) atoms. The largest absolute Gasteiger partial charge is 0.388 e. The number of para-hydroxylation sites is 1. The van der Waals surface area contributed by atoms with Crippen LogP contribution < -0.4 is 5.32 Å². The molecule has 1 aliphatic heterocycles. The predicted octanol–water partition coefficient (Wildman–Crippen LogP) is 2.50. The molecule has 0 bridgehead atoms. The molecule has 0 aliphatic carbocycles. The zero-order valence-electron chi connectivity index (χ0n) is 13.2. The first-order valence-corrected chi connectivity index (χ1v) is 7.61. The Hall–Kier alpha value is -1.55. The van der Waals surface area contributed by atoms with Crippen molar-refractivity contribution >= 4 is 11.6 Å². The Balaban J connectivity index is 1.86. The van der Waals surface area contributed by atoms with E-state index in [1.807, 2.05) is 56.0 Å². The van der Waals surface area contributed by atoms with E-state index in [1.54, 1.807) is 0 Å². The number of aliphatic hydroxyl groups is 1. The van der Waals surface area contributed by atoms with E-state index < -0.39 is 5.60 Å². The lowest BCUT2D eigenvalue weighted by Gasteiger charge is -2.40. The Bertz CT molecular complexity index is 471. The standard InChI is InChI=1S/C17H26N2O2/c1-16(2,3)15(20)19-11-9-17(21,10-12-19)13-18-14-7-5-4-6-8-14/h4-8,18,21H,9-13H2,1-3H3. The zero-order valence-corrected chi connectivity index (χ0v) is 13.2. The van der Waals surface area contributed by atoms with E-state index in [4.69, 9.17) is 0 Å². The Kier molecular flexibility index (Phi) is 4.57. The van der Waals surface area contributed by atoms with Crippen LogP contribution in [0.1, 0.15) is 33.6 Å². The van der Waals surface area contributed by atoms with Crippen molar-refractivity contribution in [3.63, 3.8) is 0 Å². The molecule has 4 nitrogen and oxygen atoms in total. The first-order valence-electron chi connectivity index (χ1n) is 7.61. The third-order valence-corrected chi connectivity index (χ3v) is 4.02. The smallest absolute Gasteiger partial charge is 0.227 e. The van der Waals surface area contributed by atoms with Gasteiger partial charge in [0.25, 0.3) is 0 Å². The van der Waals surface area contributed by atoms with E-state index in [1.165, 1.54) is 0 Å². The monoisotopic (exact) mass is 290 g/mol. The van der Waals surface area contributed by atoms with Crippen LogP contribution in [0.2, 0.25) is 0 Å². The number of carbonyl (C=O) groups excluding carboxylic acids is 1. The number of amides is 1. The van der Waals surface area contributed by atoms with E-state index in [2.05, 4.69) is 5.32 Å². The fourth-order valence-electron chi connectivity index (χ4n) is 2.60. The number of anilines is 1. The molecule has 0 aromatic heterocycles. The average molecular weight is 290 g/mol. The van der Waals surface area contributed by atoms with E-state index >= 15 is 0 Å². The van der Waals surface area contributed by atoms with Crippen LogP contribution in [0, 0.1) is 5.41 Å². The summed E-state index contributed by atoms with van der Waals surface area (Å²) in [5.41, 5.74) is -0.0680. The highest BCUT2D eigenvalue weighted by Gasteiger charge is 2.36. The first kappa shape index (κ1) is 15.8. The number of rotatable bonds is 3. The molecule has 1 fully saturated rings. The summed E-state index contributed by atoms with van der Waals surface area (Å²) >= 11 is 0. The molecule has 0 saturated carbocycles. The minimum absolute atomic E-state index is 0.167. The molecule has 4 heteroatoms. The number of likely N-dealkylation sites (tertiary alicyclic amines) is 1. The molecule has 2 rings (SSSR count). The molecule has 0 atom stereocenters. The van der Waals surface area contributed by atoms with Gasteiger partial charge in [-0.1, -0.05) is 39.0 Å². The van der Waals surface area contributed by atoms with Gasteiger partial charge in [-0.2, -0.15) is 0 Å². The SMILES string of the molecule is CC(C)(C)C(=O)N1CCC(O)(CNc2ccccc2)CC1. The quantitative estimate of drug-likeness (QED) is 0.899. The molecule has 1 amide bonds. The number of nitrogens with one attached hydrogen (secondary N) is 1. The normalized spacial score (nSPS) is 18.4. The lowest BCUT2D eigenvalue weighted by Crippen LogP contribution is -2.52. The number of piperidine rings is 1. The molecule has 1 aromatic rings. The van der Waals surface area contributed by atoms with Crippen molar-refractivity contribution in [2.24, 2.45) is 5.41 Å². The Labute approximate surface area is 127 Å². The molecule has 0 unspecified atom stereocenters. The average Bonchev–Trinajstić information content (AvgIpc) is 2.46. The van der Waals surface area contributed by atoms with E-state index in [0.717, 1.165) is 5.69 Å². The number of hydrogen-bond donors (Lipinski definition) is 2. The topological polar surface area (TPSA) is 52.6 Å². The third-order valence-electron chi connectivity index (χ3n) is 4.02. The van der Waals surface area contributed by atoms with Crippen LogP contribution in [0.25, 0.3) is 0 Å². The molecule has 1 aliphatic rings. The van der Waals surface area contributed by atoms with Gasteiger partial charge in [0.05, 0.1) is 5.60 Å². The minimum Gasteiger partial charge on any atom is -0.388 e. The molecule has 1 heterocycles. The van der Waals surface area contributed by atoms with Gasteiger partial charge in [-0.15, -0.1) is 0 Å². The molecule has 0 radical (unpaired) electrons. The molecular weight excluding hydrogens is 264 g/mol. The third kappa shape index (κ3) is 4.21. The van der Waals surface area contributed by atoms with E-state index in [9.17, 15) is 9.90 Å². The summed E-state index contributed by atoms with van der Waals surface area (Å²) in [5, 5.41) is 13.9. The number of nitrogens with zero attached hydrogens (tertiary/aromatic N) is 1. The number of benzene rings is 1. The van der Waals surface area contributed by atoms with Gasteiger partial charge < -0.3 is 15.3 Å². The zero-order chi connectivity index (χ0) is 15.5. The van der Waals surface area contributed by atoms with Crippen molar-refractivity contribution in [3.8, 4) is 0 Å². The van der Waals surface area contributed by atoms with Gasteiger partial charge in [-0.05, 0) is 25.0 Å². The molecule has 2 N–H and O–H groups in total.